The first kappa shape index (κ1) is 17.6. The minimum absolute atomic E-state index is 0.141. The Bertz CT molecular complexity index is 688. The molecule has 120 valence electrons. The van der Waals surface area contributed by atoms with Gasteiger partial charge in [-0.3, -0.25) is 9.59 Å². The van der Waals surface area contributed by atoms with Gasteiger partial charge in [-0.1, -0.05) is 40.2 Å². The van der Waals surface area contributed by atoms with Gasteiger partial charge in [0.2, 0.25) is 0 Å². The van der Waals surface area contributed by atoms with Crippen LogP contribution in [0.15, 0.2) is 57.9 Å². The number of ether oxygens (including phenoxy) is 1. The fraction of sp³-hybridized carbons (Fsp3) is 0.176. The highest BCUT2D eigenvalue weighted by molar-refractivity contribution is 9.10. The van der Waals surface area contributed by atoms with Crippen molar-refractivity contribution in [3.63, 3.8) is 0 Å². The number of rotatable bonds is 6. The lowest BCUT2D eigenvalue weighted by atomic mass is 10.2. The van der Waals surface area contributed by atoms with Crippen molar-refractivity contribution in [2.45, 2.75) is 11.3 Å². The number of para-hydroxylation sites is 1. The van der Waals surface area contributed by atoms with Gasteiger partial charge in [0.05, 0.1) is 12.1 Å². The van der Waals surface area contributed by atoms with E-state index in [9.17, 15) is 9.59 Å². The molecular weight excluding hydrogens is 378 g/mol. The molecule has 0 aliphatic heterocycles. The number of nitrogens with one attached hydrogen (secondary N) is 1. The number of thioether (sulfide) groups is 1. The number of halogens is 1. The molecule has 2 aromatic carbocycles. The van der Waals surface area contributed by atoms with Gasteiger partial charge in [0, 0.05) is 9.37 Å². The van der Waals surface area contributed by atoms with Crippen molar-refractivity contribution in [2.24, 2.45) is 0 Å². The molecule has 2 aromatic rings. The van der Waals surface area contributed by atoms with Crippen LogP contribution in [-0.2, 0) is 20.7 Å². The first-order chi connectivity index (χ1) is 11.1. The zero-order chi connectivity index (χ0) is 16.7. The summed E-state index contributed by atoms with van der Waals surface area (Å²) in [5.41, 5.74) is 1.56. The zero-order valence-electron chi connectivity index (χ0n) is 12.5. The second-order valence-corrected chi connectivity index (χ2v) is 6.48. The molecule has 2 rings (SSSR count). The molecule has 0 fully saturated rings. The fourth-order valence-corrected chi connectivity index (χ4v) is 2.72. The zero-order valence-corrected chi connectivity index (χ0v) is 14.9. The Hall–Kier alpha value is -1.79. The predicted molar refractivity (Wildman–Crippen MR) is 95.7 cm³/mol. The van der Waals surface area contributed by atoms with E-state index >= 15 is 0 Å². The maximum Gasteiger partial charge on any atom is 0.310 e. The first-order valence-electron chi connectivity index (χ1n) is 6.91. The van der Waals surface area contributed by atoms with Gasteiger partial charge in [-0.25, -0.2) is 0 Å². The molecule has 23 heavy (non-hydrogen) atoms. The van der Waals surface area contributed by atoms with Gasteiger partial charge in [-0.2, -0.15) is 0 Å². The molecule has 0 atom stereocenters. The fourth-order valence-electron chi connectivity index (χ4n) is 1.90. The van der Waals surface area contributed by atoms with Crippen LogP contribution in [-0.4, -0.2) is 24.7 Å². The van der Waals surface area contributed by atoms with E-state index in [1.807, 2.05) is 54.8 Å². The Balaban J connectivity index is 1.82. The molecule has 0 saturated heterocycles. The maximum atomic E-state index is 11.9. The minimum atomic E-state index is -0.430. The van der Waals surface area contributed by atoms with Crippen LogP contribution in [0.4, 0.5) is 5.69 Å². The Kier molecular flexibility index (Phi) is 6.67. The summed E-state index contributed by atoms with van der Waals surface area (Å²) in [6.07, 6.45) is 2.07. The van der Waals surface area contributed by atoms with E-state index in [1.54, 1.807) is 0 Å². The summed E-state index contributed by atoms with van der Waals surface area (Å²) >= 11 is 4.87. The molecule has 0 aliphatic rings. The third kappa shape index (κ3) is 5.73. The van der Waals surface area contributed by atoms with Crippen LogP contribution in [0.25, 0.3) is 0 Å². The Morgan fingerprint density at radius 1 is 1.13 bits per heavy atom. The number of carbonyl (C=O) groups excluding carboxylic acids is 2. The van der Waals surface area contributed by atoms with E-state index in [-0.39, 0.29) is 18.9 Å². The summed E-state index contributed by atoms with van der Waals surface area (Å²) in [6, 6.07) is 14.9. The molecule has 0 spiro atoms. The molecule has 6 heteroatoms. The van der Waals surface area contributed by atoms with Crippen molar-refractivity contribution in [3.05, 3.63) is 58.6 Å². The first-order valence-corrected chi connectivity index (χ1v) is 8.93. The largest absolute Gasteiger partial charge is 0.455 e. The van der Waals surface area contributed by atoms with E-state index in [0.717, 1.165) is 14.9 Å². The number of esters is 1. The second-order valence-electron chi connectivity index (χ2n) is 4.71. The molecule has 4 nitrogen and oxygen atoms in total. The number of hydrogen-bond acceptors (Lipinski definition) is 4. The van der Waals surface area contributed by atoms with E-state index in [4.69, 9.17) is 4.74 Å². The summed E-state index contributed by atoms with van der Waals surface area (Å²) < 4.78 is 5.96. The highest BCUT2D eigenvalue weighted by atomic mass is 79.9. The lowest BCUT2D eigenvalue weighted by Gasteiger charge is -2.09. The third-order valence-corrected chi connectivity index (χ3v) is 4.33. The molecule has 0 heterocycles. The monoisotopic (exact) mass is 393 g/mol. The average Bonchev–Trinajstić information content (AvgIpc) is 2.55. The van der Waals surface area contributed by atoms with Gasteiger partial charge in [0.25, 0.3) is 5.91 Å². The number of carbonyl (C=O) groups is 2. The van der Waals surface area contributed by atoms with Crippen LogP contribution in [0.1, 0.15) is 5.56 Å². The molecule has 0 aromatic heterocycles. The van der Waals surface area contributed by atoms with Crippen LogP contribution < -0.4 is 5.32 Å². The van der Waals surface area contributed by atoms with E-state index in [1.165, 1.54) is 11.8 Å². The van der Waals surface area contributed by atoms with Gasteiger partial charge in [-0.15, -0.1) is 11.8 Å². The smallest absolute Gasteiger partial charge is 0.310 e. The Labute approximate surface area is 147 Å². The van der Waals surface area contributed by atoms with Crippen molar-refractivity contribution in [1.82, 2.24) is 0 Å². The minimum Gasteiger partial charge on any atom is -0.455 e. The van der Waals surface area contributed by atoms with Gasteiger partial charge in [-0.05, 0) is 36.1 Å². The molecule has 0 saturated carbocycles. The number of anilines is 1. The van der Waals surface area contributed by atoms with Crippen LogP contribution >= 0.6 is 27.7 Å². The van der Waals surface area contributed by atoms with Crippen molar-refractivity contribution in [2.75, 3.05) is 18.2 Å². The van der Waals surface area contributed by atoms with E-state index < -0.39 is 5.97 Å². The number of hydrogen-bond donors (Lipinski definition) is 1. The average molecular weight is 394 g/mol. The molecule has 1 N–H and O–H groups in total. The SMILES string of the molecule is CSc1ccccc1NC(=O)COC(=O)Cc1ccc(Br)cc1. The van der Waals surface area contributed by atoms with Crippen molar-refractivity contribution in [3.8, 4) is 0 Å². The number of benzene rings is 2. The van der Waals surface area contributed by atoms with E-state index in [0.29, 0.717) is 5.69 Å². The standard InChI is InChI=1S/C17H16BrNO3S/c1-23-15-5-3-2-4-14(15)19-16(20)11-22-17(21)10-12-6-8-13(18)9-7-12/h2-9H,10-11H2,1H3,(H,19,20). The van der Waals surface area contributed by atoms with Crippen molar-refractivity contribution >= 4 is 45.3 Å². The molecule has 1 amide bonds. The Morgan fingerprint density at radius 2 is 1.83 bits per heavy atom. The van der Waals surface area contributed by atoms with Crippen LogP contribution in [0.5, 0.6) is 0 Å². The third-order valence-electron chi connectivity index (χ3n) is 3.01. The topological polar surface area (TPSA) is 55.4 Å². The lowest BCUT2D eigenvalue weighted by molar-refractivity contribution is -0.146. The van der Waals surface area contributed by atoms with Crippen molar-refractivity contribution in [1.29, 1.82) is 0 Å². The van der Waals surface area contributed by atoms with Gasteiger partial charge in [0.1, 0.15) is 0 Å². The molecule has 0 radical (unpaired) electrons. The highest BCUT2D eigenvalue weighted by Gasteiger charge is 2.10. The molecule has 0 bridgehead atoms. The summed E-state index contributed by atoms with van der Waals surface area (Å²) in [5.74, 6) is -0.781. The normalized spacial score (nSPS) is 10.2. The van der Waals surface area contributed by atoms with Crippen LogP contribution in [0, 0.1) is 0 Å². The Morgan fingerprint density at radius 3 is 2.52 bits per heavy atom. The highest BCUT2D eigenvalue weighted by Crippen LogP contribution is 2.24. The summed E-state index contributed by atoms with van der Waals surface area (Å²) in [6.45, 7) is -0.294. The lowest BCUT2D eigenvalue weighted by Crippen LogP contribution is -2.21. The second kappa shape index (κ2) is 8.74. The maximum absolute atomic E-state index is 11.9. The summed E-state index contributed by atoms with van der Waals surface area (Å²) in [4.78, 5) is 24.6. The van der Waals surface area contributed by atoms with Crippen LogP contribution in [0.3, 0.4) is 0 Å². The number of amides is 1. The van der Waals surface area contributed by atoms with Gasteiger partial charge < -0.3 is 10.1 Å². The van der Waals surface area contributed by atoms with Gasteiger partial charge in [0.15, 0.2) is 6.61 Å². The van der Waals surface area contributed by atoms with Crippen LogP contribution in [0.2, 0.25) is 0 Å². The van der Waals surface area contributed by atoms with E-state index in [2.05, 4.69) is 21.2 Å². The summed E-state index contributed by atoms with van der Waals surface area (Å²) in [5, 5.41) is 2.74. The molecular formula is C17H16BrNO3S. The summed E-state index contributed by atoms with van der Waals surface area (Å²) in [7, 11) is 0. The quantitative estimate of drug-likeness (QED) is 0.597. The molecule has 0 unspecified atom stereocenters. The molecule has 0 aliphatic carbocycles. The predicted octanol–water partition coefficient (Wildman–Crippen LogP) is 3.90. The van der Waals surface area contributed by atoms with Crippen molar-refractivity contribution < 1.29 is 14.3 Å². The van der Waals surface area contributed by atoms with Gasteiger partial charge >= 0.3 is 5.97 Å².